The summed E-state index contributed by atoms with van der Waals surface area (Å²) in [5.74, 6) is -0.430. The van der Waals surface area contributed by atoms with E-state index in [1.807, 2.05) is 18.2 Å². The van der Waals surface area contributed by atoms with E-state index < -0.39 is 5.91 Å². The molecule has 0 saturated heterocycles. The number of rotatable bonds is 4. The van der Waals surface area contributed by atoms with Crippen molar-refractivity contribution in [3.63, 3.8) is 0 Å². The van der Waals surface area contributed by atoms with Gasteiger partial charge in [-0.3, -0.25) is 14.2 Å². The molecule has 0 atom stereocenters. The molecule has 0 aliphatic rings. The zero-order valence-electron chi connectivity index (χ0n) is 15.4. The van der Waals surface area contributed by atoms with E-state index in [0.29, 0.717) is 23.4 Å². The van der Waals surface area contributed by atoms with Gasteiger partial charge in [0.2, 0.25) is 5.88 Å². The van der Waals surface area contributed by atoms with Gasteiger partial charge in [0, 0.05) is 24.5 Å². The Balaban J connectivity index is 1.76. The Hall–Kier alpha value is -3.09. The molecular weight excluding hydrogens is 411 g/mol. The molecular formula is C21H16Cl2N4O2. The number of aromatic hydroxyl groups is 1. The lowest BCUT2D eigenvalue weighted by Crippen LogP contribution is -2.14. The summed E-state index contributed by atoms with van der Waals surface area (Å²) in [6.45, 7) is 1.70. The molecule has 6 nitrogen and oxygen atoms in total. The molecule has 1 amide bonds. The lowest BCUT2D eigenvalue weighted by atomic mass is 10.1. The maximum absolute atomic E-state index is 12.8. The van der Waals surface area contributed by atoms with E-state index in [9.17, 15) is 9.90 Å². The second-order valence-corrected chi connectivity index (χ2v) is 7.32. The van der Waals surface area contributed by atoms with Gasteiger partial charge in [0.05, 0.1) is 21.3 Å². The van der Waals surface area contributed by atoms with E-state index in [1.54, 1.807) is 48.0 Å². The number of pyridine rings is 2. The van der Waals surface area contributed by atoms with Crippen LogP contribution in [0.3, 0.4) is 0 Å². The van der Waals surface area contributed by atoms with Crippen molar-refractivity contribution in [3.8, 4) is 5.88 Å². The molecule has 0 aliphatic carbocycles. The predicted molar refractivity (Wildman–Crippen MR) is 113 cm³/mol. The smallest absolute Gasteiger partial charge is 0.258 e. The number of imidazole rings is 1. The highest BCUT2D eigenvalue weighted by Gasteiger charge is 2.19. The van der Waals surface area contributed by atoms with Gasteiger partial charge in [0.25, 0.3) is 5.91 Å². The van der Waals surface area contributed by atoms with Crippen LogP contribution in [0.15, 0.2) is 54.9 Å². The minimum atomic E-state index is -0.454. The molecule has 3 aromatic heterocycles. The third-order valence-corrected chi connectivity index (χ3v) is 5.19. The summed E-state index contributed by atoms with van der Waals surface area (Å²) >= 11 is 12.3. The fourth-order valence-corrected chi connectivity index (χ4v) is 3.72. The Morgan fingerprint density at radius 2 is 1.79 bits per heavy atom. The van der Waals surface area contributed by atoms with Crippen LogP contribution in [0.2, 0.25) is 10.0 Å². The van der Waals surface area contributed by atoms with Gasteiger partial charge in [-0.15, -0.1) is 0 Å². The monoisotopic (exact) mass is 426 g/mol. The fraction of sp³-hybridized carbons (Fsp3) is 0.0952. The summed E-state index contributed by atoms with van der Waals surface area (Å²) in [7, 11) is 0. The summed E-state index contributed by atoms with van der Waals surface area (Å²) < 4.78 is 1.62. The second-order valence-electron chi connectivity index (χ2n) is 6.50. The van der Waals surface area contributed by atoms with Crippen molar-refractivity contribution in [2.24, 2.45) is 0 Å². The van der Waals surface area contributed by atoms with Crippen LogP contribution in [0, 0.1) is 6.92 Å². The van der Waals surface area contributed by atoms with Crippen molar-refractivity contribution in [2.75, 3.05) is 5.32 Å². The van der Waals surface area contributed by atoms with Crippen LogP contribution in [-0.2, 0) is 6.42 Å². The number of fused-ring (bicyclic) bond motifs is 1. The number of carbonyl (C=O) groups excluding carboxylic acids is 1. The predicted octanol–water partition coefficient (Wildman–Crippen LogP) is 4.89. The first-order valence-corrected chi connectivity index (χ1v) is 9.55. The Kier molecular flexibility index (Phi) is 5.13. The number of nitrogens with zero attached hydrogens (tertiary/aromatic N) is 3. The van der Waals surface area contributed by atoms with E-state index >= 15 is 0 Å². The maximum Gasteiger partial charge on any atom is 0.258 e. The normalized spacial score (nSPS) is 11.0. The van der Waals surface area contributed by atoms with E-state index in [4.69, 9.17) is 23.2 Å². The molecule has 0 saturated carbocycles. The van der Waals surface area contributed by atoms with Gasteiger partial charge in [-0.05, 0) is 48.9 Å². The highest BCUT2D eigenvalue weighted by atomic mass is 35.5. The van der Waals surface area contributed by atoms with Crippen molar-refractivity contribution in [1.29, 1.82) is 0 Å². The summed E-state index contributed by atoms with van der Waals surface area (Å²) in [6, 6.07) is 12.3. The molecule has 2 N–H and O–H groups in total. The number of amides is 1. The van der Waals surface area contributed by atoms with Crippen molar-refractivity contribution in [1.82, 2.24) is 14.4 Å². The molecule has 4 aromatic rings. The van der Waals surface area contributed by atoms with E-state index in [2.05, 4.69) is 15.3 Å². The second kappa shape index (κ2) is 7.73. The van der Waals surface area contributed by atoms with E-state index in [1.165, 1.54) is 0 Å². The Bertz CT molecular complexity index is 1200. The third kappa shape index (κ3) is 3.64. The fourth-order valence-electron chi connectivity index (χ4n) is 3.15. The first-order chi connectivity index (χ1) is 14.0. The zero-order chi connectivity index (χ0) is 20.5. The van der Waals surface area contributed by atoms with Gasteiger partial charge in [0.15, 0.2) is 5.65 Å². The number of hydrogen-bond donors (Lipinski definition) is 2. The molecule has 3 heterocycles. The SMILES string of the molecule is Cc1nc2c(NC(=O)c3c(Cl)cccc3Cl)ccc(Cc3ccncc3)n2c1O. The van der Waals surface area contributed by atoms with Crippen molar-refractivity contribution < 1.29 is 9.90 Å². The summed E-state index contributed by atoms with van der Waals surface area (Å²) in [4.78, 5) is 21.2. The number of hydrogen-bond acceptors (Lipinski definition) is 4. The standard InChI is InChI=1S/C21H16Cl2N4O2/c1-12-21(29)27-14(11-13-7-9-24-10-8-13)5-6-17(19(27)25-12)26-20(28)18-15(22)3-2-4-16(18)23/h2-10,29H,11H2,1H3,(H,26,28). The number of aromatic nitrogens is 3. The maximum atomic E-state index is 12.8. The third-order valence-electron chi connectivity index (χ3n) is 4.56. The molecule has 1 aromatic carbocycles. The number of carbonyl (C=O) groups is 1. The highest BCUT2D eigenvalue weighted by molar-refractivity contribution is 6.40. The summed E-state index contributed by atoms with van der Waals surface area (Å²) in [5, 5.41) is 13.9. The Labute approximate surface area is 176 Å². The largest absolute Gasteiger partial charge is 0.493 e. The van der Waals surface area contributed by atoms with Crippen LogP contribution in [0.25, 0.3) is 5.65 Å². The molecule has 146 valence electrons. The molecule has 0 aliphatic heterocycles. The average molecular weight is 427 g/mol. The van der Waals surface area contributed by atoms with Crippen molar-refractivity contribution in [2.45, 2.75) is 13.3 Å². The minimum Gasteiger partial charge on any atom is -0.493 e. The topological polar surface area (TPSA) is 79.5 Å². The van der Waals surface area contributed by atoms with Crippen LogP contribution >= 0.6 is 23.2 Å². The van der Waals surface area contributed by atoms with Gasteiger partial charge in [-0.2, -0.15) is 0 Å². The van der Waals surface area contributed by atoms with Crippen molar-refractivity contribution in [3.05, 3.63) is 87.4 Å². The number of nitrogens with one attached hydrogen (secondary N) is 1. The quantitative estimate of drug-likeness (QED) is 0.486. The van der Waals surface area contributed by atoms with Gasteiger partial charge in [0.1, 0.15) is 5.69 Å². The van der Waals surface area contributed by atoms with Crippen LogP contribution in [-0.4, -0.2) is 25.4 Å². The highest BCUT2D eigenvalue weighted by Crippen LogP contribution is 2.30. The first kappa shape index (κ1) is 19.2. The van der Waals surface area contributed by atoms with Gasteiger partial charge in [-0.25, -0.2) is 4.98 Å². The molecule has 0 spiro atoms. The minimum absolute atomic E-state index is 0.0240. The number of anilines is 1. The van der Waals surface area contributed by atoms with Crippen LogP contribution < -0.4 is 5.32 Å². The van der Waals surface area contributed by atoms with Crippen LogP contribution in [0.1, 0.15) is 27.3 Å². The van der Waals surface area contributed by atoms with Gasteiger partial charge >= 0.3 is 0 Å². The summed E-state index contributed by atoms with van der Waals surface area (Å²) in [5.41, 5.74) is 3.36. The van der Waals surface area contributed by atoms with Crippen LogP contribution in [0.4, 0.5) is 5.69 Å². The lowest BCUT2D eigenvalue weighted by molar-refractivity contribution is 0.102. The molecule has 0 radical (unpaired) electrons. The van der Waals surface area contributed by atoms with Crippen molar-refractivity contribution >= 4 is 40.4 Å². The van der Waals surface area contributed by atoms with E-state index in [0.717, 1.165) is 11.3 Å². The average Bonchev–Trinajstić information content (AvgIpc) is 3.00. The molecule has 29 heavy (non-hydrogen) atoms. The zero-order valence-corrected chi connectivity index (χ0v) is 16.9. The Morgan fingerprint density at radius 1 is 1.10 bits per heavy atom. The van der Waals surface area contributed by atoms with Crippen LogP contribution in [0.5, 0.6) is 5.88 Å². The molecule has 0 fully saturated rings. The number of benzene rings is 1. The molecule has 8 heteroatoms. The summed E-state index contributed by atoms with van der Waals surface area (Å²) in [6.07, 6.45) is 3.99. The first-order valence-electron chi connectivity index (χ1n) is 8.80. The number of halogens is 2. The van der Waals surface area contributed by atoms with Gasteiger partial charge in [-0.1, -0.05) is 29.3 Å². The molecule has 4 rings (SSSR count). The lowest BCUT2D eigenvalue weighted by Gasteiger charge is -2.12. The Morgan fingerprint density at radius 3 is 2.48 bits per heavy atom. The van der Waals surface area contributed by atoms with Gasteiger partial charge < -0.3 is 10.4 Å². The number of aryl methyl sites for hydroxylation is 1. The van der Waals surface area contributed by atoms with E-state index in [-0.39, 0.29) is 21.5 Å². The molecule has 0 bridgehead atoms. The molecule has 0 unspecified atom stereocenters.